The molecule has 1 amide bonds. The van der Waals surface area contributed by atoms with E-state index in [-0.39, 0.29) is 22.8 Å². The van der Waals surface area contributed by atoms with Gasteiger partial charge in [-0.2, -0.15) is 5.10 Å². The molecule has 20 heavy (non-hydrogen) atoms. The molecule has 8 heteroatoms. The summed E-state index contributed by atoms with van der Waals surface area (Å²) in [5.41, 5.74) is 3.07. The van der Waals surface area contributed by atoms with Crippen molar-refractivity contribution < 1.29 is 4.79 Å². The molecule has 1 N–H and O–H groups in total. The SMILES string of the molecule is O=C(Cn1cnc(Cl)c1Cl)N/N=C/c1ccccc1Cl. The van der Waals surface area contributed by atoms with Crippen LogP contribution < -0.4 is 5.43 Å². The fraction of sp³-hybridized carbons (Fsp3) is 0.0833. The molecule has 0 aliphatic carbocycles. The van der Waals surface area contributed by atoms with Crippen molar-refractivity contribution in [1.82, 2.24) is 15.0 Å². The van der Waals surface area contributed by atoms with Gasteiger partial charge in [-0.25, -0.2) is 10.4 Å². The van der Waals surface area contributed by atoms with Crippen LogP contribution in [0.3, 0.4) is 0 Å². The zero-order valence-electron chi connectivity index (χ0n) is 10.1. The molecule has 1 heterocycles. The van der Waals surface area contributed by atoms with Crippen LogP contribution in [-0.4, -0.2) is 21.7 Å². The van der Waals surface area contributed by atoms with Gasteiger partial charge in [-0.1, -0.05) is 53.0 Å². The third kappa shape index (κ3) is 3.72. The summed E-state index contributed by atoms with van der Waals surface area (Å²) in [5.74, 6) is -0.357. The second-order valence-corrected chi connectivity index (χ2v) is 4.89. The molecule has 1 aromatic carbocycles. The topological polar surface area (TPSA) is 59.3 Å². The summed E-state index contributed by atoms with van der Waals surface area (Å²) in [4.78, 5) is 15.4. The predicted molar refractivity (Wildman–Crippen MR) is 79.4 cm³/mol. The van der Waals surface area contributed by atoms with E-state index in [1.54, 1.807) is 12.1 Å². The minimum absolute atomic E-state index is 0.0294. The molecule has 0 unspecified atom stereocenters. The standard InChI is InChI=1S/C12H9Cl3N4O/c13-9-4-2-1-3-8(9)5-17-18-10(20)6-19-7-16-11(14)12(19)15/h1-5,7H,6H2,(H,18,20)/b17-5+. The summed E-state index contributed by atoms with van der Waals surface area (Å²) in [6, 6.07) is 7.15. The van der Waals surface area contributed by atoms with Gasteiger partial charge in [0.1, 0.15) is 11.7 Å². The number of nitrogens with one attached hydrogen (secondary N) is 1. The number of hydrazone groups is 1. The largest absolute Gasteiger partial charge is 0.311 e. The lowest BCUT2D eigenvalue weighted by Gasteiger charge is -2.02. The molecule has 2 rings (SSSR count). The van der Waals surface area contributed by atoms with E-state index in [0.717, 1.165) is 0 Å². The number of carbonyl (C=O) groups is 1. The maximum absolute atomic E-state index is 11.6. The van der Waals surface area contributed by atoms with Gasteiger partial charge in [0.2, 0.25) is 0 Å². The zero-order valence-corrected chi connectivity index (χ0v) is 12.3. The Hall–Kier alpha value is -1.56. The van der Waals surface area contributed by atoms with E-state index in [9.17, 15) is 4.79 Å². The van der Waals surface area contributed by atoms with Gasteiger partial charge in [-0.05, 0) is 6.07 Å². The highest BCUT2D eigenvalue weighted by Gasteiger charge is 2.09. The molecular weight excluding hydrogens is 323 g/mol. The Morgan fingerprint density at radius 1 is 1.35 bits per heavy atom. The van der Waals surface area contributed by atoms with Gasteiger partial charge in [0.15, 0.2) is 5.15 Å². The van der Waals surface area contributed by atoms with Gasteiger partial charge in [-0.15, -0.1) is 0 Å². The first-order valence-corrected chi connectivity index (χ1v) is 6.64. The molecule has 1 aromatic heterocycles. The van der Waals surface area contributed by atoms with Crippen LogP contribution in [0.15, 0.2) is 35.7 Å². The van der Waals surface area contributed by atoms with Crippen molar-refractivity contribution >= 4 is 46.9 Å². The van der Waals surface area contributed by atoms with E-state index < -0.39 is 0 Å². The summed E-state index contributed by atoms with van der Waals surface area (Å²) in [6.45, 7) is -0.0294. The highest BCUT2D eigenvalue weighted by molar-refractivity contribution is 6.40. The Kier molecular flexibility index (Phi) is 5.00. The van der Waals surface area contributed by atoms with E-state index in [4.69, 9.17) is 34.8 Å². The van der Waals surface area contributed by atoms with Crippen LogP contribution in [-0.2, 0) is 11.3 Å². The van der Waals surface area contributed by atoms with Crippen molar-refractivity contribution in [2.75, 3.05) is 0 Å². The first kappa shape index (κ1) is 14.8. The van der Waals surface area contributed by atoms with E-state index in [0.29, 0.717) is 10.6 Å². The number of rotatable bonds is 4. The first-order chi connectivity index (χ1) is 9.58. The molecule has 0 radical (unpaired) electrons. The minimum Gasteiger partial charge on any atom is -0.311 e. The van der Waals surface area contributed by atoms with Gasteiger partial charge in [-0.3, -0.25) is 4.79 Å². The molecule has 2 aromatic rings. The van der Waals surface area contributed by atoms with Gasteiger partial charge in [0.05, 0.1) is 12.5 Å². The molecule has 0 aliphatic heterocycles. The number of imidazole rings is 1. The van der Waals surface area contributed by atoms with Gasteiger partial charge < -0.3 is 4.57 Å². The van der Waals surface area contributed by atoms with Gasteiger partial charge >= 0.3 is 0 Å². The summed E-state index contributed by atoms with van der Waals surface area (Å²) in [7, 11) is 0. The smallest absolute Gasteiger partial charge is 0.260 e. The van der Waals surface area contributed by atoms with E-state index >= 15 is 0 Å². The highest BCUT2D eigenvalue weighted by Crippen LogP contribution is 2.19. The Bertz CT molecular complexity index is 654. The number of aromatic nitrogens is 2. The third-order valence-electron chi connectivity index (χ3n) is 2.34. The monoisotopic (exact) mass is 330 g/mol. The summed E-state index contributed by atoms with van der Waals surface area (Å²) in [6.07, 6.45) is 2.84. The summed E-state index contributed by atoms with van der Waals surface area (Å²) >= 11 is 17.5. The first-order valence-electron chi connectivity index (χ1n) is 5.50. The molecule has 0 fully saturated rings. The van der Waals surface area contributed by atoms with E-state index in [1.165, 1.54) is 17.1 Å². The number of hydrogen-bond donors (Lipinski definition) is 1. The number of nitrogens with zero attached hydrogens (tertiary/aromatic N) is 3. The molecule has 0 saturated heterocycles. The maximum atomic E-state index is 11.6. The number of amides is 1. The lowest BCUT2D eigenvalue weighted by atomic mass is 10.2. The highest BCUT2D eigenvalue weighted by atomic mass is 35.5. The van der Waals surface area contributed by atoms with Crippen molar-refractivity contribution in [3.05, 3.63) is 51.5 Å². The van der Waals surface area contributed by atoms with Crippen LogP contribution in [0, 0.1) is 0 Å². The second kappa shape index (κ2) is 6.74. The van der Waals surface area contributed by atoms with Crippen LogP contribution >= 0.6 is 34.8 Å². The van der Waals surface area contributed by atoms with Crippen molar-refractivity contribution in [1.29, 1.82) is 0 Å². The average Bonchev–Trinajstić information content (AvgIpc) is 2.73. The fourth-order valence-corrected chi connectivity index (χ4v) is 1.89. The summed E-state index contributed by atoms with van der Waals surface area (Å²) < 4.78 is 1.41. The maximum Gasteiger partial charge on any atom is 0.260 e. The molecule has 0 aliphatic rings. The lowest BCUT2D eigenvalue weighted by molar-refractivity contribution is -0.121. The van der Waals surface area contributed by atoms with Crippen LogP contribution in [0.2, 0.25) is 15.3 Å². The van der Waals surface area contributed by atoms with E-state index in [2.05, 4.69) is 15.5 Å². The Morgan fingerprint density at radius 2 is 2.10 bits per heavy atom. The minimum atomic E-state index is -0.357. The Labute approximate surface area is 130 Å². The molecule has 0 saturated carbocycles. The van der Waals surface area contributed by atoms with Crippen molar-refractivity contribution in [2.24, 2.45) is 5.10 Å². The number of benzene rings is 1. The van der Waals surface area contributed by atoms with Gasteiger partial charge in [0, 0.05) is 10.6 Å². The van der Waals surface area contributed by atoms with Crippen LogP contribution in [0.5, 0.6) is 0 Å². The Morgan fingerprint density at radius 3 is 2.75 bits per heavy atom. The van der Waals surface area contributed by atoms with Crippen LogP contribution in [0.1, 0.15) is 5.56 Å². The van der Waals surface area contributed by atoms with E-state index in [1.807, 2.05) is 12.1 Å². The zero-order chi connectivity index (χ0) is 14.5. The number of carbonyl (C=O) groups excluding carboxylic acids is 1. The quantitative estimate of drug-likeness (QED) is 0.691. The number of hydrogen-bond acceptors (Lipinski definition) is 3. The summed E-state index contributed by atoms with van der Waals surface area (Å²) in [5, 5.41) is 4.72. The molecule has 0 atom stereocenters. The van der Waals surface area contributed by atoms with Crippen LogP contribution in [0.25, 0.3) is 0 Å². The van der Waals surface area contributed by atoms with Crippen molar-refractivity contribution in [3.63, 3.8) is 0 Å². The molecule has 104 valence electrons. The number of halogens is 3. The fourth-order valence-electron chi connectivity index (χ4n) is 1.40. The molecule has 0 bridgehead atoms. The molecule has 0 spiro atoms. The molecular formula is C12H9Cl3N4O. The van der Waals surface area contributed by atoms with Crippen LogP contribution in [0.4, 0.5) is 0 Å². The Balaban J connectivity index is 1.93. The predicted octanol–water partition coefficient (Wildman–Crippen LogP) is 2.99. The molecule has 5 nitrogen and oxygen atoms in total. The average molecular weight is 332 g/mol. The third-order valence-corrected chi connectivity index (χ3v) is 3.46. The normalized spacial score (nSPS) is 10.9. The van der Waals surface area contributed by atoms with Crippen molar-refractivity contribution in [2.45, 2.75) is 6.54 Å². The van der Waals surface area contributed by atoms with Crippen molar-refractivity contribution in [3.8, 4) is 0 Å². The second-order valence-electron chi connectivity index (χ2n) is 3.77. The lowest BCUT2D eigenvalue weighted by Crippen LogP contribution is -2.22. The van der Waals surface area contributed by atoms with Gasteiger partial charge in [0.25, 0.3) is 5.91 Å².